The fraction of sp³-hybridized carbons (Fsp3) is 0.0435. The van der Waals surface area contributed by atoms with Crippen LogP contribution >= 0.6 is 0 Å². The molecule has 2 amide bonds. The summed E-state index contributed by atoms with van der Waals surface area (Å²) in [5.74, 6) is -0.490. The summed E-state index contributed by atoms with van der Waals surface area (Å²) in [5, 5.41) is 1.18. The number of amidine groups is 1. The normalized spacial score (nSPS) is 15.1. The summed E-state index contributed by atoms with van der Waals surface area (Å²) in [5.41, 5.74) is 5.99. The molecular weight excluding hydrogens is 364 g/mol. The molecule has 2 heterocycles. The van der Waals surface area contributed by atoms with E-state index in [0.29, 0.717) is 17.0 Å². The molecule has 3 aromatic rings. The van der Waals surface area contributed by atoms with Gasteiger partial charge in [0.25, 0.3) is 11.8 Å². The third-order valence-corrected chi connectivity index (χ3v) is 4.43. The highest BCUT2D eigenvalue weighted by atomic mass is 16.2. The van der Waals surface area contributed by atoms with E-state index < -0.39 is 11.8 Å². The lowest BCUT2D eigenvalue weighted by Gasteiger charge is -2.28. The van der Waals surface area contributed by atoms with Gasteiger partial charge in [-0.15, -0.1) is 0 Å². The average molecular weight is 382 g/mol. The van der Waals surface area contributed by atoms with Crippen LogP contribution in [0.2, 0.25) is 0 Å². The van der Waals surface area contributed by atoms with Crippen LogP contribution in [-0.4, -0.2) is 27.6 Å². The van der Waals surface area contributed by atoms with Crippen LogP contribution in [0.4, 0.5) is 0 Å². The Bertz CT molecular complexity index is 1100. The van der Waals surface area contributed by atoms with Crippen molar-refractivity contribution in [3.63, 3.8) is 0 Å². The Morgan fingerprint density at radius 3 is 2.34 bits per heavy atom. The molecule has 1 N–H and O–H groups in total. The predicted molar refractivity (Wildman–Crippen MR) is 111 cm³/mol. The number of aliphatic imine (C=N–C) groups is 1. The summed E-state index contributed by atoms with van der Waals surface area (Å²) in [6.45, 7) is 2.00. The number of aromatic nitrogens is 1. The maximum atomic E-state index is 13.0. The number of hydrogen-bond donors (Lipinski definition) is 1. The van der Waals surface area contributed by atoms with Gasteiger partial charge in [0.15, 0.2) is 5.84 Å². The Labute approximate surface area is 168 Å². The molecule has 29 heavy (non-hydrogen) atoms. The second-order valence-corrected chi connectivity index (χ2v) is 6.56. The van der Waals surface area contributed by atoms with E-state index in [1.165, 1.54) is 17.4 Å². The van der Waals surface area contributed by atoms with Crippen molar-refractivity contribution in [3.05, 3.63) is 107 Å². The topological polar surface area (TPSA) is 74.7 Å². The molecule has 1 aliphatic rings. The molecule has 6 nitrogen and oxygen atoms in total. The van der Waals surface area contributed by atoms with Gasteiger partial charge in [0, 0.05) is 23.5 Å². The largest absolute Gasteiger partial charge is 0.288 e. The second-order valence-electron chi connectivity index (χ2n) is 6.56. The van der Waals surface area contributed by atoms with Gasteiger partial charge in [-0.05, 0) is 30.7 Å². The highest BCUT2D eigenvalue weighted by Gasteiger charge is 2.30. The van der Waals surface area contributed by atoms with Crippen LogP contribution in [0.25, 0.3) is 6.08 Å². The first-order valence-corrected chi connectivity index (χ1v) is 9.10. The molecule has 142 valence electrons. The van der Waals surface area contributed by atoms with Crippen LogP contribution in [-0.2, 0) is 4.79 Å². The SMILES string of the molecule is Cc1ccc(/C=C2/N=C(c3ccccc3)N(C(=O)c3ccncc3)NC2=O)cc1. The highest BCUT2D eigenvalue weighted by molar-refractivity contribution is 6.17. The van der Waals surface area contributed by atoms with E-state index in [2.05, 4.69) is 15.4 Å². The van der Waals surface area contributed by atoms with Crippen molar-refractivity contribution in [2.24, 2.45) is 4.99 Å². The van der Waals surface area contributed by atoms with Gasteiger partial charge in [-0.2, -0.15) is 5.01 Å². The Morgan fingerprint density at radius 2 is 1.66 bits per heavy atom. The average Bonchev–Trinajstić information content (AvgIpc) is 2.77. The first-order chi connectivity index (χ1) is 14.1. The van der Waals surface area contributed by atoms with E-state index in [9.17, 15) is 9.59 Å². The van der Waals surface area contributed by atoms with Gasteiger partial charge >= 0.3 is 0 Å². The van der Waals surface area contributed by atoms with Crippen LogP contribution < -0.4 is 5.43 Å². The van der Waals surface area contributed by atoms with Crippen molar-refractivity contribution in [2.75, 3.05) is 0 Å². The molecule has 2 aromatic carbocycles. The number of aryl methyl sites for hydroxylation is 1. The summed E-state index contributed by atoms with van der Waals surface area (Å²) in [7, 11) is 0. The minimum Gasteiger partial charge on any atom is -0.267 e. The summed E-state index contributed by atoms with van der Waals surface area (Å²) < 4.78 is 0. The maximum absolute atomic E-state index is 13.0. The zero-order valence-electron chi connectivity index (χ0n) is 15.7. The summed E-state index contributed by atoms with van der Waals surface area (Å²) in [4.78, 5) is 34.2. The molecule has 0 fully saturated rings. The number of nitrogens with one attached hydrogen (secondary N) is 1. The number of amides is 2. The zero-order valence-corrected chi connectivity index (χ0v) is 15.7. The number of rotatable bonds is 3. The molecule has 0 saturated carbocycles. The van der Waals surface area contributed by atoms with Gasteiger partial charge < -0.3 is 0 Å². The predicted octanol–water partition coefficient (Wildman–Crippen LogP) is 3.36. The summed E-state index contributed by atoms with van der Waals surface area (Å²) >= 11 is 0. The molecule has 6 heteroatoms. The van der Waals surface area contributed by atoms with Crippen LogP contribution in [0.15, 0.2) is 89.8 Å². The highest BCUT2D eigenvalue weighted by Crippen LogP contribution is 2.18. The monoisotopic (exact) mass is 382 g/mol. The van der Waals surface area contributed by atoms with Crippen molar-refractivity contribution in [2.45, 2.75) is 6.92 Å². The van der Waals surface area contributed by atoms with E-state index in [1.807, 2.05) is 61.5 Å². The third kappa shape index (κ3) is 3.96. The van der Waals surface area contributed by atoms with Crippen molar-refractivity contribution < 1.29 is 9.59 Å². The molecule has 0 saturated heterocycles. The number of carbonyl (C=O) groups is 2. The number of nitrogens with zero attached hydrogens (tertiary/aromatic N) is 3. The molecule has 0 spiro atoms. The molecule has 1 aromatic heterocycles. The molecule has 0 unspecified atom stereocenters. The smallest absolute Gasteiger partial charge is 0.267 e. The van der Waals surface area contributed by atoms with Crippen molar-refractivity contribution in [1.29, 1.82) is 0 Å². The number of hydrogen-bond acceptors (Lipinski definition) is 4. The van der Waals surface area contributed by atoms with Gasteiger partial charge in [0.05, 0.1) is 0 Å². The van der Waals surface area contributed by atoms with E-state index in [1.54, 1.807) is 18.2 Å². The van der Waals surface area contributed by atoms with Gasteiger partial charge in [-0.3, -0.25) is 20.0 Å². The van der Waals surface area contributed by atoms with Crippen LogP contribution in [0, 0.1) is 6.92 Å². The quantitative estimate of drug-likeness (QED) is 0.706. The van der Waals surface area contributed by atoms with Crippen LogP contribution in [0.5, 0.6) is 0 Å². The third-order valence-electron chi connectivity index (χ3n) is 4.43. The minimum absolute atomic E-state index is 0.228. The fourth-order valence-corrected chi connectivity index (χ4v) is 2.90. The van der Waals surface area contributed by atoms with Gasteiger partial charge in [0.1, 0.15) is 5.70 Å². The lowest BCUT2D eigenvalue weighted by Crippen LogP contribution is -2.53. The molecular formula is C23H18N4O2. The number of hydrazine groups is 1. The van der Waals surface area contributed by atoms with Crippen molar-refractivity contribution in [1.82, 2.24) is 15.4 Å². The molecule has 0 aliphatic carbocycles. The minimum atomic E-state index is -0.451. The lowest BCUT2D eigenvalue weighted by atomic mass is 10.1. The molecule has 0 bridgehead atoms. The molecule has 0 atom stereocenters. The number of carbonyl (C=O) groups excluding carboxylic acids is 2. The summed E-state index contributed by atoms with van der Waals surface area (Å²) in [6, 6.07) is 20.2. The summed E-state index contributed by atoms with van der Waals surface area (Å²) in [6.07, 6.45) is 4.76. The van der Waals surface area contributed by atoms with Crippen LogP contribution in [0.1, 0.15) is 27.0 Å². The first kappa shape index (κ1) is 18.3. The van der Waals surface area contributed by atoms with E-state index in [4.69, 9.17) is 0 Å². The van der Waals surface area contributed by atoms with E-state index >= 15 is 0 Å². The fourth-order valence-electron chi connectivity index (χ4n) is 2.90. The van der Waals surface area contributed by atoms with Crippen LogP contribution in [0.3, 0.4) is 0 Å². The zero-order chi connectivity index (χ0) is 20.2. The number of pyridine rings is 1. The molecule has 1 aliphatic heterocycles. The van der Waals surface area contributed by atoms with E-state index in [-0.39, 0.29) is 5.70 Å². The van der Waals surface area contributed by atoms with E-state index in [0.717, 1.165) is 11.1 Å². The Morgan fingerprint density at radius 1 is 0.966 bits per heavy atom. The van der Waals surface area contributed by atoms with Gasteiger partial charge in [-0.25, -0.2) is 4.99 Å². The van der Waals surface area contributed by atoms with Gasteiger partial charge in [-0.1, -0.05) is 60.2 Å². The lowest BCUT2D eigenvalue weighted by molar-refractivity contribution is -0.120. The maximum Gasteiger partial charge on any atom is 0.288 e. The molecule has 4 rings (SSSR count). The molecule has 0 radical (unpaired) electrons. The van der Waals surface area contributed by atoms with Crippen molar-refractivity contribution >= 4 is 23.7 Å². The Hall–Kier alpha value is -4.06. The van der Waals surface area contributed by atoms with Gasteiger partial charge in [0.2, 0.25) is 0 Å². The first-order valence-electron chi connectivity index (χ1n) is 9.10. The van der Waals surface area contributed by atoms with Crippen molar-refractivity contribution in [3.8, 4) is 0 Å². The Kier molecular flexibility index (Phi) is 4.99. The number of benzene rings is 2. The second kappa shape index (κ2) is 7.90. The Balaban J connectivity index is 1.78. The standard InChI is InChI=1S/C23H18N4O2/c1-16-7-9-17(10-8-16)15-20-22(28)26-27(23(29)19-11-13-24-14-12-19)21(25-20)18-5-3-2-4-6-18/h2-15H,1H3,(H,26,28)/b20-15+.